The first-order chi connectivity index (χ1) is 10.5. The van der Waals surface area contributed by atoms with Gasteiger partial charge in [0.15, 0.2) is 9.84 Å². The summed E-state index contributed by atoms with van der Waals surface area (Å²) in [4.78, 5) is 2.81. The third kappa shape index (κ3) is 3.77. The van der Waals surface area contributed by atoms with E-state index in [9.17, 15) is 8.42 Å². The lowest BCUT2D eigenvalue weighted by Crippen LogP contribution is -2.35. The Hall–Kier alpha value is -1.18. The van der Waals surface area contributed by atoms with Gasteiger partial charge in [-0.3, -0.25) is 10.00 Å². The molecule has 5 nitrogen and oxygen atoms in total. The Labute approximate surface area is 135 Å². The number of rotatable bonds is 5. The summed E-state index contributed by atoms with van der Waals surface area (Å²) in [5.41, 5.74) is 2.12. The minimum Gasteiger partial charge on any atom is -0.299 e. The Kier molecular flexibility index (Phi) is 4.65. The lowest BCUT2D eigenvalue weighted by atomic mass is 9.93. The monoisotopic (exact) mass is 339 g/mol. The molecule has 7 heteroatoms. The molecule has 22 heavy (non-hydrogen) atoms. The van der Waals surface area contributed by atoms with E-state index in [1.165, 1.54) is 18.0 Å². The fourth-order valence-corrected chi connectivity index (χ4v) is 4.64. The van der Waals surface area contributed by atoms with E-state index in [1.54, 1.807) is 11.3 Å². The summed E-state index contributed by atoms with van der Waals surface area (Å²) in [6.45, 7) is 3.12. The maximum atomic E-state index is 11.8. The summed E-state index contributed by atoms with van der Waals surface area (Å²) in [6.07, 6.45) is 5.73. The first-order valence-corrected chi connectivity index (χ1v) is 10.3. The van der Waals surface area contributed by atoms with E-state index in [-0.39, 0.29) is 0 Å². The van der Waals surface area contributed by atoms with Crippen molar-refractivity contribution in [2.75, 3.05) is 19.3 Å². The summed E-state index contributed by atoms with van der Waals surface area (Å²) in [5.74, 6) is 0.480. The van der Waals surface area contributed by atoms with Crippen LogP contribution in [0.3, 0.4) is 0 Å². The molecule has 3 heterocycles. The Morgan fingerprint density at radius 1 is 1.50 bits per heavy atom. The number of nitrogens with one attached hydrogen (secondary N) is 1. The quantitative estimate of drug-likeness (QED) is 0.908. The van der Waals surface area contributed by atoms with Crippen molar-refractivity contribution >= 4 is 21.2 Å². The lowest BCUT2D eigenvalue weighted by Gasteiger charge is -2.32. The summed E-state index contributed by atoms with van der Waals surface area (Å²) >= 11 is 1.73. The highest BCUT2D eigenvalue weighted by Gasteiger charge is 2.24. The summed E-state index contributed by atoms with van der Waals surface area (Å²) in [6, 6.07) is 2.17. The van der Waals surface area contributed by atoms with Crippen LogP contribution in [0.4, 0.5) is 0 Å². The number of likely N-dealkylation sites (tertiary alicyclic amines) is 1. The average Bonchev–Trinajstić information content (AvgIpc) is 3.10. The number of aromatic nitrogens is 2. The number of hydrogen-bond donors (Lipinski definition) is 1. The molecule has 0 aromatic carbocycles. The summed E-state index contributed by atoms with van der Waals surface area (Å²) < 4.78 is 23.5. The van der Waals surface area contributed by atoms with Crippen molar-refractivity contribution in [2.45, 2.75) is 30.7 Å². The maximum absolute atomic E-state index is 11.8. The van der Waals surface area contributed by atoms with Gasteiger partial charge in [-0.1, -0.05) is 0 Å². The highest BCUT2D eigenvalue weighted by atomic mass is 32.2. The average molecular weight is 339 g/mol. The van der Waals surface area contributed by atoms with Gasteiger partial charge in [-0.15, -0.1) is 0 Å². The lowest BCUT2D eigenvalue weighted by molar-refractivity contribution is 0.166. The van der Waals surface area contributed by atoms with E-state index in [2.05, 4.69) is 31.9 Å². The van der Waals surface area contributed by atoms with Crippen molar-refractivity contribution in [3.05, 3.63) is 34.3 Å². The molecule has 0 saturated carbocycles. The fraction of sp³-hybridized carbons (Fsp3) is 0.533. The second-order valence-electron chi connectivity index (χ2n) is 6.06. The van der Waals surface area contributed by atoms with Gasteiger partial charge < -0.3 is 0 Å². The Balaban J connectivity index is 1.64. The third-order valence-corrected chi connectivity index (χ3v) is 6.04. The molecule has 1 aliphatic heterocycles. The molecule has 1 N–H and O–H groups in total. The molecule has 0 aliphatic carbocycles. The minimum atomic E-state index is -3.20. The van der Waals surface area contributed by atoms with Crippen molar-refractivity contribution in [3.63, 3.8) is 0 Å². The number of aromatic amines is 1. The third-order valence-electron chi connectivity index (χ3n) is 4.16. The standard InChI is InChI=1S/C15H21N3O2S2/c1-22(19,20)15-8-16-17-14(15)7-12-3-2-5-18(9-12)10-13-4-6-21-11-13/h4,6,8,11-12H,2-3,5,7,9-10H2,1H3,(H,16,17)/t12-/m1/s1. The van der Waals surface area contributed by atoms with Crippen LogP contribution in [0.2, 0.25) is 0 Å². The van der Waals surface area contributed by atoms with Crippen LogP contribution in [0.25, 0.3) is 0 Å². The van der Waals surface area contributed by atoms with E-state index in [0.717, 1.165) is 44.6 Å². The molecule has 0 radical (unpaired) electrons. The SMILES string of the molecule is CS(=O)(=O)c1cn[nH]c1C[C@H]1CCCN(Cc2ccsc2)C1. The zero-order chi connectivity index (χ0) is 15.6. The molecule has 2 aromatic heterocycles. The van der Waals surface area contributed by atoms with Crippen molar-refractivity contribution < 1.29 is 8.42 Å². The second kappa shape index (κ2) is 6.52. The largest absolute Gasteiger partial charge is 0.299 e. The minimum absolute atomic E-state index is 0.349. The molecule has 0 unspecified atom stereocenters. The van der Waals surface area contributed by atoms with Crippen LogP contribution in [0.15, 0.2) is 27.9 Å². The van der Waals surface area contributed by atoms with Gasteiger partial charge in [0.05, 0.1) is 11.9 Å². The Morgan fingerprint density at radius 3 is 3.09 bits per heavy atom. The molecule has 1 saturated heterocycles. The molecule has 3 rings (SSSR count). The Morgan fingerprint density at radius 2 is 2.36 bits per heavy atom. The van der Waals surface area contributed by atoms with Gasteiger partial charge >= 0.3 is 0 Å². The van der Waals surface area contributed by atoms with Crippen LogP contribution in [0, 0.1) is 5.92 Å². The predicted molar refractivity (Wildman–Crippen MR) is 87.7 cm³/mol. The topological polar surface area (TPSA) is 66.1 Å². The highest BCUT2D eigenvalue weighted by molar-refractivity contribution is 7.90. The van der Waals surface area contributed by atoms with Crippen molar-refractivity contribution in [1.29, 1.82) is 0 Å². The van der Waals surface area contributed by atoms with Crippen LogP contribution >= 0.6 is 11.3 Å². The number of hydrogen-bond acceptors (Lipinski definition) is 5. The highest BCUT2D eigenvalue weighted by Crippen LogP contribution is 2.24. The normalized spacial score (nSPS) is 20.3. The van der Waals surface area contributed by atoms with Gasteiger partial charge in [0.1, 0.15) is 4.90 Å². The number of nitrogens with zero attached hydrogens (tertiary/aromatic N) is 2. The molecule has 1 aliphatic rings. The van der Waals surface area contributed by atoms with E-state index in [0.29, 0.717) is 10.8 Å². The summed E-state index contributed by atoms with van der Waals surface area (Å²) in [7, 11) is -3.20. The van der Waals surface area contributed by atoms with E-state index in [1.807, 2.05) is 0 Å². The second-order valence-corrected chi connectivity index (χ2v) is 8.83. The first kappa shape index (κ1) is 15.7. The predicted octanol–water partition coefficient (Wildman–Crippen LogP) is 2.33. The van der Waals surface area contributed by atoms with Gasteiger partial charge in [0.25, 0.3) is 0 Å². The first-order valence-electron chi connectivity index (χ1n) is 7.48. The molecule has 0 spiro atoms. The van der Waals surface area contributed by atoms with Crippen molar-refractivity contribution in [1.82, 2.24) is 15.1 Å². The maximum Gasteiger partial charge on any atom is 0.178 e. The molecule has 1 atom stereocenters. The van der Waals surface area contributed by atoms with Gasteiger partial charge in [-0.2, -0.15) is 16.4 Å². The van der Waals surface area contributed by atoms with Gasteiger partial charge in [0.2, 0.25) is 0 Å². The van der Waals surface area contributed by atoms with Crippen molar-refractivity contribution in [2.24, 2.45) is 5.92 Å². The van der Waals surface area contributed by atoms with Crippen molar-refractivity contribution in [3.8, 4) is 0 Å². The van der Waals surface area contributed by atoms with Crippen LogP contribution in [-0.4, -0.2) is 42.9 Å². The van der Waals surface area contributed by atoms with Crippen LogP contribution in [0.1, 0.15) is 24.1 Å². The van der Waals surface area contributed by atoms with Crippen LogP contribution < -0.4 is 0 Å². The Bertz CT molecular complexity index is 707. The molecular formula is C15H21N3O2S2. The van der Waals surface area contributed by atoms with E-state index in [4.69, 9.17) is 0 Å². The number of sulfone groups is 1. The zero-order valence-corrected chi connectivity index (χ0v) is 14.3. The van der Waals surface area contributed by atoms with Crippen LogP contribution in [0.5, 0.6) is 0 Å². The van der Waals surface area contributed by atoms with Gasteiger partial charge in [-0.25, -0.2) is 8.42 Å². The molecule has 1 fully saturated rings. The van der Waals surface area contributed by atoms with E-state index >= 15 is 0 Å². The smallest absolute Gasteiger partial charge is 0.178 e. The molecule has 0 bridgehead atoms. The number of thiophene rings is 1. The molecule has 120 valence electrons. The number of H-pyrrole nitrogens is 1. The molecule has 0 amide bonds. The molecule has 2 aromatic rings. The zero-order valence-electron chi connectivity index (χ0n) is 12.7. The molecular weight excluding hydrogens is 318 g/mol. The van der Waals surface area contributed by atoms with E-state index < -0.39 is 9.84 Å². The van der Waals surface area contributed by atoms with Gasteiger partial charge in [-0.05, 0) is 54.1 Å². The summed E-state index contributed by atoms with van der Waals surface area (Å²) in [5, 5.41) is 11.1. The van der Waals surface area contributed by atoms with Crippen LogP contribution in [-0.2, 0) is 22.8 Å². The van der Waals surface area contributed by atoms with Gasteiger partial charge in [0, 0.05) is 19.3 Å². The number of piperidine rings is 1. The fourth-order valence-electron chi connectivity index (χ4n) is 3.16.